The molecule has 0 bridgehead atoms. The van der Waals surface area contributed by atoms with Gasteiger partial charge in [-0.2, -0.15) is 0 Å². The standard InChI is InChI=1S/C19H31N3O3/c1-14(3-6-19(20)23)12-21-13-15-4-5-17-16(11-15)7-9-22(24)18(17)8-10-25-2/h4-5,11,14,18,21-22H,3,6-10,12-13H2,1-2H3,(H2,20,23). The first-order valence-corrected chi connectivity index (χ1v) is 9.13. The maximum atomic E-state index is 12.2. The number of primary amides is 1. The van der Waals surface area contributed by atoms with Gasteiger partial charge >= 0.3 is 0 Å². The summed E-state index contributed by atoms with van der Waals surface area (Å²) in [5, 5.41) is 16.0. The summed E-state index contributed by atoms with van der Waals surface area (Å²) in [5.74, 6) is 0.181. The van der Waals surface area contributed by atoms with Crippen LogP contribution in [-0.4, -0.2) is 32.7 Å². The fraction of sp³-hybridized carbons (Fsp3) is 0.632. The van der Waals surface area contributed by atoms with Crippen LogP contribution in [0.4, 0.5) is 0 Å². The van der Waals surface area contributed by atoms with Crippen LogP contribution in [0.15, 0.2) is 18.2 Å². The van der Waals surface area contributed by atoms with Gasteiger partial charge in [0.1, 0.15) is 6.04 Å². The number of benzene rings is 1. The smallest absolute Gasteiger partial charge is 0.217 e. The average Bonchev–Trinajstić information content (AvgIpc) is 2.59. The van der Waals surface area contributed by atoms with E-state index < -0.39 is 0 Å². The lowest BCUT2D eigenvalue weighted by atomic mass is 9.90. The third kappa shape index (κ3) is 6.08. The monoisotopic (exact) mass is 349 g/mol. The summed E-state index contributed by atoms with van der Waals surface area (Å²) in [5.41, 5.74) is 8.89. The summed E-state index contributed by atoms with van der Waals surface area (Å²) in [4.78, 5) is 10.8. The van der Waals surface area contributed by atoms with E-state index in [1.807, 2.05) is 0 Å². The van der Waals surface area contributed by atoms with E-state index in [0.717, 1.165) is 32.4 Å². The van der Waals surface area contributed by atoms with Crippen molar-refractivity contribution in [3.63, 3.8) is 0 Å². The van der Waals surface area contributed by atoms with Gasteiger partial charge in [0.15, 0.2) is 0 Å². The van der Waals surface area contributed by atoms with Gasteiger partial charge in [-0.1, -0.05) is 25.1 Å². The van der Waals surface area contributed by atoms with Crippen molar-refractivity contribution in [2.75, 3.05) is 26.8 Å². The Morgan fingerprint density at radius 1 is 1.52 bits per heavy atom. The minimum atomic E-state index is -0.237. The van der Waals surface area contributed by atoms with Gasteiger partial charge in [0.05, 0.1) is 13.2 Å². The lowest BCUT2D eigenvalue weighted by molar-refractivity contribution is -0.885. The summed E-state index contributed by atoms with van der Waals surface area (Å²) in [6.45, 7) is 5.02. The van der Waals surface area contributed by atoms with Crippen molar-refractivity contribution in [1.29, 1.82) is 0 Å². The molecular formula is C19H31N3O3. The first-order chi connectivity index (χ1) is 12.0. The maximum absolute atomic E-state index is 12.2. The third-order valence-electron chi connectivity index (χ3n) is 4.93. The van der Waals surface area contributed by atoms with Gasteiger partial charge in [0.25, 0.3) is 0 Å². The van der Waals surface area contributed by atoms with E-state index in [9.17, 15) is 10.0 Å². The first kappa shape index (κ1) is 19.8. The second-order valence-corrected chi connectivity index (χ2v) is 7.07. The highest BCUT2D eigenvalue weighted by atomic mass is 16.5. The van der Waals surface area contributed by atoms with Crippen LogP contribution in [0.3, 0.4) is 0 Å². The third-order valence-corrected chi connectivity index (χ3v) is 4.93. The van der Waals surface area contributed by atoms with E-state index in [4.69, 9.17) is 10.5 Å². The minimum Gasteiger partial charge on any atom is -0.634 e. The SMILES string of the molecule is COCCC1c2ccc(CNCC(C)CCC(N)=O)cc2CC[NH+]1[O-]. The molecular weight excluding hydrogens is 318 g/mol. The van der Waals surface area contributed by atoms with E-state index in [0.29, 0.717) is 30.6 Å². The van der Waals surface area contributed by atoms with Crippen LogP contribution in [0, 0.1) is 11.1 Å². The van der Waals surface area contributed by atoms with Gasteiger partial charge in [-0.15, -0.1) is 0 Å². The molecule has 3 unspecified atom stereocenters. The normalized spacial score (nSPS) is 20.9. The molecule has 1 aliphatic heterocycles. The number of hydrogen-bond acceptors (Lipinski definition) is 4. The Balaban J connectivity index is 1.89. The van der Waals surface area contributed by atoms with Gasteiger partial charge in [-0.3, -0.25) is 4.79 Å². The molecule has 6 nitrogen and oxygen atoms in total. The Morgan fingerprint density at radius 2 is 2.32 bits per heavy atom. The highest BCUT2D eigenvalue weighted by Crippen LogP contribution is 2.23. The number of nitrogens with one attached hydrogen (secondary N) is 2. The van der Waals surface area contributed by atoms with Crippen LogP contribution in [0.25, 0.3) is 0 Å². The summed E-state index contributed by atoms with van der Waals surface area (Å²) < 4.78 is 5.15. The largest absolute Gasteiger partial charge is 0.634 e. The van der Waals surface area contributed by atoms with Crippen molar-refractivity contribution < 1.29 is 14.6 Å². The fourth-order valence-electron chi connectivity index (χ4n) is 3.44. The average molecular weight is 349 g/mol. The van der Waals surface area contributed by atoms with Gasteiger partial charge in [0, 0.05) is 38.5 Å². The van der Waals surface area contributed by atoms with Gasteiger partial charge < -0.3 is 26.1 Å². The zero-order valence-corrected chi connectivity index (χ0v) is 15.3. The molecule has 0 aliphatic carbocycles. The Hall–Kier alpha value is -1.47. The number of carbonyl (C=O) groups excluding carboxylic acids is 1. The topological polar surface area (TPSA) is 91.8 Å². The van der Waals surface area contributed by atoms with Crippen LogP contribution in [0.5, 0.6) is 0 Å². The highest BCUT2D eigenvalue weighted by molar-refractivity contribution is 5.73. The number of hydroxylamine groups is 2. The van der Waals surface area contributed by atoms with Crippen LogP contribution < -0.4 is 16.1 Å². The predicted molar refractivity (Wildman–Crippen MR) is 97.9 cm³/mol. The lowest BCUT2D eigenvalue weighted by Crippen LogP contribution is -3.08. The molecule has 0 spiro atoms. The quantitative estimate of drug-likeness (QED) is 0.542. The molecule has 3 atom stereocenters. The van der Waals surface area contributed by atoms with Crippen molar-refractivity contribution in [1.82, 2.24) is 5.32 Å². The number of hydrogen-bond donors (Lipinski definition) is 3. The molecule has 0 radical (unpaired) electrons. The molecule has 0 aromatic heterocycles. The number of ether oxygens (including phenoxy) is 1. The molecule has 0 saturated carbocycles. The highest BCUT2D eigenvalue weighted by Gasteiger charge is 2.26. The van der Waals surface area contributed by atoms with Crippen molar-refractivity contribution in [3.8, 4) is 0 Å². The molecule has 1 aromatic carbocycles. The number of carbonyl (C=O) groups is 1. The van der Waals surface area contributed by atoms with Crippen LogP contribution in [-0.2, 0) is 22.5 Å². The molecule has 1 aromatic rings. The van der Waals surface area contributed by atoms with Crippen molar-refractivity contribution in [2.24, 2.45) is 11.7 Å². The van der Waals surface area contributed by atoms with E-state index in [-0.39, 0.29) is 11.9 Å². The zero-order valence-electron chi connectivity index (χ0n) is 15.3. The lowest BCUT2D eigenvalue weighted by Gasteiger charge is -2.37. The van der Waals surface area contributed by atoms with Gasteiger partial charge in [-0.05, 0) is 30.0 Å². The second kappa shape index (κ2) is 9.87. The molecule has 140 valence electrons. The minimum absolute atomic E-state index is 0.0143. The summed E-state index contributed by atoms with van der Waals surface area (Å²) in [6, 6.07) is 6.43. The number of methoxy groups -OCH3 is 1. The number of amides is 1. The Kier molecular flexibility index (Phi) is 7.84. The fourth-order valence-corrected chi connectivity index (χ4v) is 3.44. The Labute approximate surface area is 150 Å². The number of fused-ring (bicyclic) bond motifs is 1. The molecule has 0 fully saturated rings. The summed E-state index contributed by atoms with van der Waals surface area (Å²) in [7, 11) is 1.67. The first-order valence-electron chi connectivity index (χ1n) is 9.13. The maximum Gasteiger partial charge on any atom is 0.217 e. The molecule has 2 rings (SSSR count). The van der Waals surface area contributed by atoms with Gasteiger partial charge in [-0.25, -0.2) is 0 Å². The van der Waals surface area contributed by atoms with Crippen molar-refractivity contribution in [2.45, 2.75) is 45.2 Å². The van der Waals surface area contributed by atoms with Crippen LogP contribution in [0.2, 0.25) is 0 Å². The molecule has 1 heterocycles. The molecule has 25 heavy (non-hydrogen) atoms. The Morgan fingerprint density at radius 3 is 3.04 bits per heavy atom. The zero-order chi connectivity index (χ0) is 18.2. The number of rotatable bonds is 10. The molecule has 1 amide bonds. The van der Waals surface area contributed by atoms with Crippen LogP contribution in [0.1, 0.15) is 48.9 Å². The van der Waals surface area contributed by atoms with E-state index in [2.05, 4.69) is 30.4 Å². The number of nitrogens with two attached hydrogens (primary N) is 1. The summed E-state index contributed by atoms with van der Waals surface area (Å²) in [6.07, 6.45) is 2.85. The molecule has 4 N–H and O–H groups in total. The van der Waals surface area contributed by atoms with Gasteiger partial charge in [0.2, 0.25) is 5.91 Å². The van der Waals surface area contributed by atoms with Crippen LogP contribution >= 0.6 is 0 Å². The Bertz CT molecular complexity index is 565. The predicted octanol–water partition coefficient (Wildman–Crippen LogP) is 0.694. The van der Waals surface area contributed by atoms with E-state index in [1.165, 1.54) is 16.7 Å². The molecule has 6 heteroatoms. The van der Waals surface area contributed by atoms with E-state index in [1.54, 1.807) is 7.11 Å². The van der Waals surface area contributed by atoms with Crippen molar-refractivity contribution in [3.05, 3.63) is 40.1 Å². The molecule has 1 aliphatic rings. The molecule has 0 saturated heterocycles. The van der Waals surface area contributed by atoms with Crippen molar-refractivity contribution >= 4 is 5.91 Å². The summed E-state index contributed by atoms with van der Waals surface area (Å²) >= 11 is 0. The van der Waals surface area contributed by atoms with E-state index >= 15 is 0 Å². The number of quaternary nitrogens is 1. The second-order valence-electron chi connectivity index (χ2n) is 7.07.